The largest absolute Gasteiger partial charge is 0.379 e. The Kier molecular flexibility index (Phi) is 1.90. The van der Waals surface area contributed by atoms with Gasteiger partial charge >= 0.3 is 0 Å². The summed E-state index contributed by atoms with van der Waals surface area (Å²) in [5.41, 5.74) is 7.26. The van der Waals surface area contributed by atoms with E-state index in [1.54, 1.807) is 7.11 Å². The van der Waals surface area contributed by atoms with Crippen molar-refractivity contribution in [1.82, 2.24) is 0 Å². The Morgan fingerprint density at radius 1 is 1.31 bits per heavy atom. The Morgan fingerprint density at radius 3 is 2.38 bits per heavy atom. The lowest BCUT2D eigenvalue weighted by Gasteiger charge is -2.10. The summed E-state index contributed by atoms with van der Waals surface area (Å²) in [7, 11) is 1.72. The highest BCUT2D eigenvalue weighted by Gasteiger charge is 2.61. The molecule has 1 fully saturated rings. The van der Waals surface area contributed by atoms with Crippen LogP contribution in [0.2, 0.25) is 0 Å². The van der Waals surface area contributed by atoms with Crippen LogP contribution in [0.3, 0.4) is 0 Å². The van der Waals surface area contributed by atoms with Gasteiger partial charge in [0.25, 0.3) is 0 Å². The van der Waals surface area contributed by atoms with Crippen LogP contribution in [-0.4, -0.2) is 19.3 Å². The molecule has 1 aromatic rings. The first-order valence-corrected chi connectivity index (χ1v) is 4.55. The van der Waals surface area contributed by atoms with Crippen LogP contribution >= 0.6 is 0 Å². The van der Waals surface area contributed by atoms with E-state index in [0.29, 0.717) is 0 Å². The summed E-state index contributed by atoms with van der Waals surface area (Å²) in [5.74, 6) is 0. The zero-order chi connectivity index (χ0) is 9.47. The second kappa shape index (κ2) is 2.82. The van der Waals surface area contributed by atoms with Gasteiger partial charge in [-0.05, 0) is 5.56 Å². The van der Waals surface area contributed by atoms with Crippen LogP contribution in [0.1, 0.15) is 12.5 Å². The number of nitrogens with two attached hydrogens (primary N) is 1. The third-order valence-corrected chi connectivity index (χ3v) is 3.15. The average Bonchev–Trinajstić information content (AvgIpc) is 2.72. The van der Waals surface area contributed by atoms with Gasteiger partial charge in [0, 0.05) is 18.6 Å². The summed E-state index contributed by atoms with van der Waals surface area (Å²) in [6, 6.07) is 10.5. The first-order valence-electron chi connectivity index (χ1n) is 4.55. The predicted octanol–water partition coefficient (Wildman–Crippen LogP) is 1.30. The van der Waals surface area contributed by atoms with Gasteiger partial charge in [-0.1, -0.05) is 37.3 Å². The fourth-order valence-corrected chi connectivity index (χ4v) is 2.05. The van der Waals surface area contributed by atoms with Gasteiger partial charge in [0.05, 0.1) is 6.10 Å². The quantitative estimate of drug-likeness (QED) is 0.739. The molecule has 0 unspecified atom stereocenters. The highest BCUT2D eigenvalue weighted by atomic mass is 16.5. The van der Waals surface area contributed by atoms with E-state index in [2.05, 4.69) is 19.1 Å². The van der Waals surface area contributed by atoms with Crippen molar-refractivity contribution in [2.45, 2.75) is 24.5 Å². The Labute approximate surface area is 78.7 Å². The van der Waals surface area contributed by atoms with Crippen LogP contribution in [0.4, 0.5) is 0 Å². The molecule has 0 aromatic heterocycles. The average molecular weight is 177 g/mol. The Hall–Kier alpha value is -0.860. The lowest BCUT2D eigenvalue weighted by Crippen LogP contribution is -2.14. The van der Waals surface area contributed by atoms with Crippen molar-refractivity contribution >= 4 is 0 Å². The Morgan fingerprint density at radius 2 is 1.92 bits per heavy atom. The molecule has 1 aliphatic carbocycles. The highest BCUT2D eigenvalue weighted by Crippen LogP contribution is 2.48. The highest BCUT2D eigenvalue weighted by molar-refractivity contribution is 5.39. The summed E-state index contributed by atoms with van der Waals surface area (Å²) in [6.45, 7) is 2.15. The van der Waals surface area contributed by atoms with Crippen LogP contribution in [0.25, 0.3) is 0 Å². The number of ether oxygens (including phenoxy) is 1. The summed E-state index contributed by atoms with van der Waals surface area (Å²) in [6.07, 6.45) is 0.176. The monoisotopic (exact) mass is 177 g/mol. The molecule has 3 atom stereocenters. The molecule has 1 aliphatic rings. The van der Waals surface area contributed by atoms with E-state index in [1.165, 1.54) is 5.56 Å². The molecule has 0 bridgehead atoms. The molecule has 0 saturated heterocycles. The minimum absolute atomic E-state index is 0.0238. The lowest BCUT2D eigenvalue weighted by atomic mass is 9.97. The molecule has 1 aromatic carbocycles. The molecule has 1 saturated carbocycles. The van der Waals surface area contributed by atoms with E-state index in [9.17, 15) is 0 Å². The maximum Gasteiger partial charge on any atom is 0.0841 e. The number of hydrogen-bond acceptors (Lipinski definition) is 2. The molecule has 70 valence electrons. The predicted molar refractivity (Wildman–Crippen MR) is 52.6 cm³/mol. The van der Waals surface area contributed by atoms with E-state index >= 15 is 0 Å². The molecule has 2 heteroatoms. The molecule has 2 N–H and O–H groups in total. The molecule has 0 heterocycles. The van der Waals surface area contributed by atoms with Gasteiger partial charge in [0.1, 0.15) is 0 Å². The number of rotatable bonds is 2. The molecule has 0 aliphatic heterocycles. The Bertz CT molecular complexity index is 298. The first kappa shape index (κ1) is 8.73. The zero-order valence-electron chi connectivity index (χ0n) is 8.03. The topological polar surface area (TPSA) is 35.2 Å². The SMILES string of the molecule is CO[C@@H]1[C@@H](N)[C@@]1(C)c1ccccc1. The molecule has 0 spiro atoms. The normalized spacial score (nSPS) is 37.5. The van der Waals surface area contributed by atoms with Crippen molar-refractivity contribution in [3.8, 4) is 0 Å². The zero-order valence-corrected chi connectivity index (χ0v) is 8.03. The van der Waals surface area contributed by atoms with Gasteiger partial charge < -0.3 is 10.5 Å². The lowest BCUT2D eigenvalue weighted by molar-refractivity contribution is 0.162. The molecular formula is C11H15NO. The second-order valence-corrected chi connectivity index (χ2v) is 3.83. The van der Waals surface area contributed by atoms with Crippen LogP contribution in [0.15, 0.2) is 30.3 Å². The molecule has 13 heavy (non-hydrogen) atoms. The molecule has 2 rings (SSSR count). The van der Waals surface area contributed by atoms with Crippen molar-refractivity contribution in [2.24, 2.45) is 5.73 Å². The van der Waals surface area contributed by atoms with E-state index in [4.69, 9.17) is 10.5 Å². The first-order chi connectivity index (χ1) is 6.21. The number of hydrogen-bond donors (Lipinski definition) is 1. The summed E-state index contributed by atoms with van der Waals surface area (Å²) in [4.78, 5) is 0. The number of methoxy groups -OCH3 is 1. The Balaban J connectivity index is 2.29. The van der Waals surface area contributed by atoms with Gasteiger partial charge in [-0.3, -0.25) is 0 Å². The van der Waals surface area contributed by atoms with Crippen LogP contribution in [0.5, 0.6) is 0 Å². The minimum atomic E-state index is 0.0238. The fourth-order valence-electron chi connectivity index (χ4n) is 2.05. The summed E-state index contributed by atoms with van der Waals surface area (Å²) < 4.78 is 5.32. The van der Waals surface area contributed by atoms with E-state index in [0.717, 1.165) is 0 Å². The van der Waals surface area contributed by atoms with E-state index < -0.39 is 0 Å². The minimum Gasteiger partial charge on any atom is -0.379 e. The van der Waals surface area contributed by atoms with Gasteiger partial charge in [0.2, 0.25) is 0 Å². The van der Waals surface area contributed by atoms with Gasteiger partial charge in [-0.15, -0.1) is 0 Å². The summed E-state index contributed by atoms with van der Waals surface area (Å²) >= 11 is 0. The van der Waals surface area contributed by atoms with Crippen molar-refractivity contribution < 1.29 is 4.74 Å². The smallest absolute Gasteiger partial charge is 0.0841 e. The maximum absolute atomic E-state index is 5.96. The molecule has 0 radical (unpaired) electrons. The van der Waals surface area contributed by atoms with Crippen molar-refractivity contribution in [2.75, 3.05) is 7.11 Å². The maximum atomic E-state index is 5.96. The van der Waals surface area contributed by atoms with Gasteiger partial charge in [0.15, 0.2) is 0 Å². The summed E-state index contributed by atoms with van der Waals surface area (Å²) in [5, 5.41) is 0. The van der Waals surface area contributed by atoms with E-state index in [1.807, 2.05) is 18.2 Å². The fraction of sp³-hybridized carbons (Fsp3) is 0.455. The van der Waals surface area contributed by atoms with E-state index in [-0.39, 0.29) is 17.6 Å². The van der Waals surface area contributed by atoms with Crippen LogP contribution in [-0.2, 0) is 10.2 Å². The second-order valence-electron chi connectivity index (χ2n) is 3.83. The van der Waals surface area contributed by atoms with Crippen LogP contribution < -0.4 is 5.73 Å². The third-order valence-electron chi connectivity index (χ3n) is 3.15. The van der Waals surface area contributed by atoms with Crippen molar-refractivity contribution in [3.63, 3.8) is 0 Å². The van der Waals surface area contributed by atoms with Gasteiger partial charge in [-0.2, -0.15) is 0 Å². The van der Waals surface area contributed by atoms with Crippen molar-refractivity contribution in [3.05, 3.63) is 35.9 Å². The van der Waals surface area contributed by atoms with Gasteiger partial charge in [-0.25, -0.2) is 0 Å². The van der Waals surface area contributed by atoms with Crippen molar-refractivity contribution in [1.29, 1.82) is 0 Å². The third kappa shape index (κ3) is 1.10. The molecule has 2 nitrogen and oxygen atoms in total. The number of benzene rings is 1. The standard InChI is InChI=1S/C11H15NO/c1-11(9(12)10(11)13-2)8-6-4-3-5-7-8/h3-7,9-10H,12H2,1-2H3/t9-,10-,11-/m1/s1. The molecule has 0 amide bonds. The van der Waals surface area contributed by atoms with Crippen LogP contribution in [0, 0.1) is 0 Å². The molecular weight excluding hydrogens is 162 g/mol.